The fourth-order valence-corrected chi connectivity index (χ4v) is 5.09. The fraction of sp³-hybridized carbons (Fsp3) is 0.409. The van der Waals surface area contributed by atoms with Gasteiger partial charge in [0.15, 0.2) is 0 Å². The molecular formula is C22H25BrN4O2. The molecule has 6 nitrogen and oxygen atoms in total. The Kier molecular flexibility index (Phi) is 5.85. The number of nitrogens with zero attached hydrogens (tertiary/aromatic N) is 4. The van der Waals surface area contributed by atoms with Gasteiger partial charge in [-0.2, -0.15) is 0 Å². The number of carbonyl (C=O) groups is 1. The van der Waals surface area contributed by atoms with Gasteiger partial charge in [0.05, 0.1) is 5.69 Å². The number of hydrogen-bond donors (Lipinski definition) is 1. The molecule has 0 saturated heterocycles. The van der Waals surface area contributed by atoms with Gasteiger partial charge in [0.2, 0.25) is 0 Å². The van der Waals surface area contributed by atoms with Crippen molar-refractivity contribution in [1.29, 1.82) is 0 Å². The molecule has 29 heavy (non-hydrogen) atoms. The standard InChI is InChI=1S/C22H25BrN4O2/c1-15-19-20(23)25-21(27(19)14-12-24-15)17-7-9-18(10-8-17)26(22(28)29)13-11-16-5-3-2-4-6-16/h2-6,12,14,17-18H,7-11,13H2,1H3,(H,28,29)/t17-,18-. The highest BCUT2D eigenvalue weighted by Gasteiger charge is 2.31. The first-order chi connectivity index (χ1) is 14.0. The SMILES string of the molecule is Cc1nccn2c1c(Br)nc2[C@H]1CC[C@H](N(CCc2ccccc2)C(=O)O)CC1. The first-order valence-corrected chi connectivity index (χ1v) is 10.9. The molecule has 2 aromatic heterocycles. The highest BCUT2D eigenvalue weighted by Crippen LogP contribution is 2.36. The summed E-state index contributed by atoms with van der Waals surface area (Å²) in [6.07, 6.45) is 7.30. The van der Waals surface area contributed by atoms with Crippen LogP contribution in [0.2, 0.25) is 0 Å². The summed E-state index contributed by atoms with van der Waals surface area (Å²) in [5, 5.41) is 9.76. The Morgan fingerprint density at radius 1 is 1.24 bits per heavy atom. The van der Waals surface area contributed by atoms with Crippen LogP contribution in [0.25, 0.3) is 5.52 Å². The van der Waals surface area contributed by atoms with E-state index in [0.29, 0.717) is 12.5 Å². The molecule has 1 fully saturated rings. The molecule has 4 rings (SSSR count). The van der Waals surface area contributed by atoms with Gasteiger partial charge in [-0.3, -0.25) is 9.38 Å². The molecule has 0 aliphatic heterocycles. The lowest BCUT2D eigenvalue weighted by Crippen LogP contribution is -2.42. The Labute approximate surface area is 178 Å². The third-order valence-corrected chi connectivity index (χ3v) is 6.51. The zero-order valence-corrected chi connectivity index (χ0v) is 18.0. The highest BCUT2D eigenvalue weighted by atomic mass is 79.9. The van der Waals surface area contributed by atoms with Gasteiger partial charge >= 0.3 is 6.09 Å². The maximum absolute atomic E-state index is 11.9. The van der Waals surface area contributed by atoms with Gasteiger partial charge < -0.3 is 10.0 Å². The van der Waals surface area contributed by atoms with Crippen LogP contribution in [0.1, 0.15) is 48.7 Å². The topological polar surface area (TPSA) is 70.7 Å². The maximum Gasteiger partial charge on any atom is 0.407 e. The van der Waals surface area contributed by atoms with Crippen LogP contribution >= 0.6 is 15.9 Å². The van der Waals surface area contributed by atoms with Crippen molar-refractivity contribution in [3.63, 3.8) is 0 Å². The van der Waals surface area contributed by atoms with E-state index < -0.39 is 6.09 Å². The van der Waals surface area contributed by atoms with Crippen molar-refractivity contribution in [3.05, 3.63) is 64.4 Å². The lowest BCUT2D eigenvalue weighted by Gasteiger charge is -2.35. The quantitative estimate of drug-likeness (QED) is 0.582. The molecule has 152 valence electrons. The first kappa shape index (κ1) is 19.9. The Bertz CT molecular complexity index is 997. The average molecular weight is 457 g/mol. The van der Waals surface area contributed by atoms with Crippen molar-refractivity contribution >= 4 is 27.5 Å². The zero-order valence-electron chi connectivity index (χ0n) is 16.5. The summed E-state index contributed by atoms with van der Waals surface area (Å²) in [6, 6.07) is 10.1. The molecule has 3 aromatic rings. The molecule has 1 aliphatic rings. The molecule has 2 heterocycles. The molecule has 1 aliphatic carbocycles. The number of aryl methyl sites for hydroxylation is 1. The number of halogens is 1. The predicted octanol–water partition coefficient (Wildman–Crippen LogP) is 5.05. The smallest absolute Gasteiger partial charge is 0.407 e. The Hall–Kier alpha value is -2.41. The second kappa shape index (κ2) is 8.53. The summed E-state index contributed by atoms with van der Waals surface area (Å²) in [5.41, 5.74) is 3.13. The van der Waals surface area contributed by atoms with Crippen LogP contribution < -0.4 is 0 Å². The van der Waals surface area contributed by atoms with Crippen LogP contribution in [0, 0.1) is 6.92 Å². The molecule has 1 aromatic carbocycles. The van der Waals surface area contributed by atoms with Gasteiger partial charge in [0.25, 0.3) is 0 Å². The monoisotopic (exact) mass is 456 g/mol. The van der Waals surface area contributed by atoms with Crippen LogP contribution in [0.4, 0.5) is 4.79 Å². The summed E-state index contributed by atoms with van der Waals surface area (Å²) < 4.78 is 2.96. The third-order valence-electron chi connectivity index (χ3n) is 5.95. The number of fused-ring (bicyclic) bond motifs is 1. The molecule has 1 N–H and O–H groups in total. The van der Waals surface area contributed by atoms with E-state index in [1.807, 2.05) is 31.3 Å². The number of carboxylic acid groups (broad SMARTS) is 1. The maximum atomic E-state index is 11.9. The minimum absolute atomic E-state index is 0.0746. The van der Waals surface area contributed by atoms with E-state index in [4.69, 9.17) is 4.98 Å². The van der Waals surface area contributed by atoms with Crippen LogP contribution in [0.3, 0.4) is 0 Å². The average Bonchev–Trinajstić information content (AvgIpc) is 3.07. The minimum atomic E-state index is -0.819. The van der Waals surface area contributed by atoms with Gasteiger partial charge in [0.1, 0.15) is 15.9 Å². The second-order valence-electron chi connectivity index (χ2n) is 7.71. The van der Waals surface area contributed by atoms with Crippen molar-refractivity contribution in [2.24, 2.45) is 0 Å². The summed E-state index contributed by atoms with van der Waals surface area (Å²) in [7, 11) is 0. The van der Waals surface area contributed by atoms with Crippen molar-refractivity contribution in [2.45, 2.75) is 51.0 Å². The molecule has 0 atom stereocenters. The summed E-state index contributed by atoms with van der Waals surface area (Å²) in [5.74, 6) is 1.37. The number of amides is 1. The van der Waals surface area contributed by atoms with E-state index in [2.05, 4.69) is 37.4 Å². The molecule has 0 spiro atoms. The van der Waals surface area contributed by atoms with E-state index in [-0.39, 0.29) is 6.04 Å². The van der Waals surface area contributed by atoms with Gasteiger partial charge in [-0.05, 0) is 60.5 Å². The largest absolute Gasteiger partial charge is 0.465 e. The molecule has 0 unspecified atom stereocenters. The molecule has 0 bridgehead atoms. The van der Waals surface area contributed by atoms with Gasteiger partial charge in [-0.25, -0.2) is 9.78 Å². The molecule has 1 saturated carbocycles. The number of aromatic nitrogens is 3. The van der Waals surface area contributed by atoms with Crippen molar-refractivity contribution in [3.8, 4) is 0 Å². The molecule has 0 radical (unpaired) electrons. The number of imidazole rings is 1. The lowest BCUT2D eigenvalue weighted by atomic mass is 9.84. The Morgan fingerprint density at radius 3 is 2.66 bits per heavy atom. The van der Waals surface area contributed by atoms with Gasteiger partial charge in [-0.15, -0.1) is 0 Å². The van der Waals surface area contributed by atoms with Crippen LogP contribution in [-0.2, 0) is 6.42 Å². The van der Waals surface area contributed by atoms with Crippen molar-refractivity contribution in [1.82, 2.24) is 19.3 Å². The summed E-state index contributed by atoms with van der Waals surface area (Å²) >= 11 is 3.57. The van der Waals surface area contributed by atoms with E-state index in [1.54, 1.807) is 11.1 Å². The zero-order chi connectivity index (χ0) is 20.4. The predicted molar refractivity (Wildman–Crippen MR) is 115 cm³/mol. The number of hydrogen-bond acceptors (Lipinski definition) is 3. The molecular weight excluding hydrogens is 432 g/mol. The first-order valence-electron chi connectivity index (χ1n) is 10.1. The van der Waals surface area contributed by atoms with E-state index in [1.165, 1.54) is 5.56 Å². The van der Waals surface area contributed by atoms with E-state index >= 15 is 0 Å². The third kappa shape index (κ3) is 4.15. The second-order valence-corrected chi connectivity index (χ2v) is 8.46. The van der Waals surface area contributed by atoms with Crippen LogP contribution in [0.5, 0.6) is 0 Å². The minimum Gasteiger partial charge on any atom is -0.465 e. The Balaban J connectivity index is 1.44. The van der Waals surface area contributed by atoms with Crippen LogP contribution in [0.15, 0.2) is 47.3 Å². The van der Waals surface area contributed by atoms with Crippen molar-refractivity contribution < 1.29 is 9.90 Å². The fourth-order valence-electron chi connectivity index (χ4n) is 4.43. The lowest BCUT2D eigenvalue weighted by molar-refractivity contribution is 0.109. The molecule has 1 amide bonds. The van der Waals surface area contributed by atoms with Gasteiger partial charge in [-0.1, -0.05) is 30.3 Å². The summed E-state index contributed by atoms with van der Waals surface area (Å²) in [4.78, 5) is 22.6. The number of rotatable bonds is 5. The highest BCUT2D eigenvalue weighted by molar-refractivity contribution is 9.10. The van der Waals surface area contributed by atoms with E-state index in [0.717, 1.165) is 53.7 Å². The van der Waals surface area contributed by atoms with Gasteiger partial charge in [0, 0.05) is 30.9 Å². The number of benzene rings is 1. The van der Waals surface area contributed by atoms with Crippen LogP contribution in [-0.4, -0.2) is 43.1 Å². The normalized spacial score (nSPS) is 19.4. The van der Waals surface area contributed by atoms with Crippen molar-refractivity contribution in [2.75, 3.05) is 6.54 Å². The van der Waals surface area contributed by atoms with E-state index in [9.17, 15) is 9.90 Å². The molecule has 7 heteroatoms. The Morgan fingerprint density at radius 2 is 1.97 bits per heavy atom. The summed E-state index contributed by atoms with van der Waals surface area (Å²) in [6.45, 7) is 2.53.